The van der Waals surface area contributed by atoms with Crippen LogP contribution >= 0.6 is 11.6 Å². The van der Waals surface area contributed by atoms with E-state index in [9.17, 15) is 14.4 Å². The van der Waals surface area contributed by atoms with Crippen molar-refractivity contribution in [1.29, 1.82) is 0 Å². The third-order valence-corrected chi connectivity index (χ3v) is 4.67. The van der Waals surface area contributed by atoms with Gasteiger partial charge in [-0.05, 0) is 44.0 Å². The number of halogens is 1. The summed E-state index contributed by atoms with van der Waals surface area (Å²) >= 11 is 6.01. The van der Waals surface area contributed by atoms with E-state index >= 15 is 0 Å². The van der Waals surface area contributed by atoms with Crippen LogP contribution in [0.15, 0.2) is 42.5 Å². The monoisotopic (exact) mass is 401 g/mol. The average Bonchev–Trinajstić information content (AvgIpc) is 2.64. The van der Waals surface area contributed by atoms with Crippen molar-refractivity contribution in [1.82, 2.24) is 10.2 Å². The molecule has 1 atom stereocenters. The van der Waals surface area contributed by atoms with E-state index in [0.717, 1.165) is 16.8 Å². The molecule has 6 nitrogen and oxygen atoms in total. The number of anilines is 1. The molecule has 0 bridgehead atoms. The Hall–Kier alpha value is -2.86. The summed E-state index contributed by atoms with van der Waals surface area (Å²) in [6.45, 7) is 5.25. The number of carbonyl (C=O) groups is 3. The summed E-state index contributed by atoms with van der Waals surface area (Å²) in [5.74, 6) is -1.13. The van der Waals surface area contributed by atoms with Crippen molar-refractivity contribution in [3.05, 3.63) is 64.2 Å². The summed E-state index contributed by atoms with van der Waals surface area (Å²) < 4.78 is 0. The Morgan fingerprint density at radius 2 is 1.64 bits per heavy atom. The number of para-hydroxylation sites is 1. The van der Waals surface area contributed by atoms with Crippen molar-refractivity contribution in [2.24, 2.45) is 0 Å². The minimum atomic E-state index is -0.804. The first-order valence-electron chi connectivity index (χ1n) is 8.87. The fraction of sp³-hybridized carbons (Fsp3) is 0.286. The molecule has 0 heterocycles. The van der Waals surface area contributed by atoms with Crippen molar-refractivity contribution >= 4 is 35.0 Å². The van der Waals surface area contributed by atoms with Gasteiger partial charge in [-0.1, -0.05) is 41.9 Å². The summed E-state index contributed by atoms with van der Waals surface area (Å²) in [6.07, 6.45) is 0. The van der Waals surface area contributed by atoms with Crippen LogP contribution in [0.4, 0.5) is 5.69 Å². The number of carbonyl (C=O) groups excluding carboxylic acids is 3. The second-order valence-corrected chi connectivity index (χ2v) is 7.09. The largest absolute Gasteiger partial charge is 0.340 e. The molecular formula is C21H24ClN3O3. The first-order valence-corrected chi connectivity index (χ1v) is 9.25. The van der Waals surface area contributed by atoms with E-state index in [4.69, 9.17) is 11.6 Å². The lowest BCUT2D eigenvalue weighted by atomic mass is 10.1. The van der Waals surface area contributed by atoms with Gasteiger partial charge in [-0.2, -0.15) is 0 Å². The highest BCUT2D eigenvalue weighted by Gasteiger charge is 2.22. The molecular weight excluding hydrogens is 378 g/mol. The van der Waals surface area contributed by atoms with E-state index in [1.54, 1.807) is 31.2 Å². The minimum absolute atomic E-state index is 0.126. The molecule has 0 saturated carbocycles. The number of rotatable bonds is 6. The lowest BCUT2D eigenvalue weighted by Crippen LogP contribution is -2.47. The molecule has 7 heteroatoms. The van der Waals surface area contributed by atoms with Gasteiger partial charge in [-0.15, -0.1) is 0 Å². The maximum absolute atomic E-state index is 12.5. The molecule has 2 N–H and O–H groups in total. The Morgan fingerprint density at radius 3 is 2.25 bits per heavy atom. The van der Waals surface area contributed by atoms with Crippen molar-refractivity contribution in [3.63, 3.8) is 0 Å². The Kier molecular flexibility index (Phi) is 7.18. The number of nitrogens with one attached hydrogen (secondary N) is 2. The van der Waals surface area contributed by atoms with Crippen LogP contribution < -0.4 is 10.6 Å². The third-order valence-electron chi connectivity index (χ3n) is 4.34. The summed E-state index contributed by atoms with van der Waals surface area (Å²) in [4.78, 5) is 38.4. The Labute approximate surface area is 169 Å². The average molecular weight is 402 g/mol. The van der Waals surface area contributed by atoms with Gasteiger partial charge in [0, 0.05) is 12.7 Å². The topological polar surface area (TPSA) is 78.5 Å². The van der Waals surface area contributed by atoms with Gasteiger partial charge in [0.05, 0.1) is 17.1 Å². The SMILES string of the molecule is Cc1cccc(C)c1NC(=O)CN(C)C(=O)C(C)NC(=O)c1ccccc1Cl. The zero-order valence-corrected chi connectivity index (χ0v) is 17.1. The molecule has 2 aromatic rings. The maximum atomic E-state index is 12.5. The Morgan fingerprint density at radius 1 is 1.04 bits per heavy atom. The number of amides is 3. The molecule has 28 heavy (non-hydrogen) atoms. The van der Waals surface area contributed by atoms with Crippen LogP contribution in [0, 0.1) is 13.8 Å². The van der Waals surface area contributed by atoms with E-state index in [0.29, 0.717) is 10.6 Å². The summed E-state index contributed by atoms with van der Waals surface area (Å²) in [7, 11) is 1.52. The van der Waals surface area contributed by atoms with E-state index in [-0.39, 0.29) is 18.4 Å². The van der Waals surface area contributed by atoms with Gasteiger partial charge in [0.2, 0.25) is 11.8 Å². The Bertz CT molecular complexity index is 878. The zero-order chi connectivity index (χ0) is 20.8. The standard InChI is InChI=1S/C21H24ClN3O3/c1-13-8-7-9-14(2)19(13)24-18(26)12-25(4)21(28)15(3)23-20(27)16-10-5-6-11-17(16)22/h5-11,15H,12H2,1-4H3,(H,23,27)(H,24,26). The zero-order valence-electron chi connectivity index (χ0n) is 16.4. The fourth-order valence-electron chi connectivity index (χ4n) is 2.80. The van der Waals surface area contributed by atoms with Crippen LogP contribution in [0.2, 0.25) is 5.02 Å². The molecule has 2 rings (SSSR count). The minimum Gasteiger partial charge on any atom is -0.340 e. The first-order chi connectivity index (χ1) is 13.2. The predicted octanol–water partition coefficient (Wildman–Crippen LogP) is 3.17. The van der Waals surface area contributed by atoms with E-state index in [1.165, 1.54) is 11.9 Å². The summed E-state index contributed by atoms with van der Waals surface area (Å²) in [5.41, 5.74) is 2.93. The molecule has 0 aliphatic carbocycles. The van der Waals surface area contributed by atoms with E-state index < -0.39 is 11.9 Å². The van der Waals surface area contributed by atoms with Crippen LogP contribution in [0.5, 0.6) is 0 Å². The second kappa shape index (κ2) is 9.37. The summed E-state index contributed by atoms with van der Waals surface area (Å²) in [5, 5.41) is 5.76. The predicted molar refractivity (Wildman–Crippen MR) is 111 cm³/mol. The van der Waals surface area contributed by atoms with Crippen LogP contribution in [-0.2, 0) is 9.59 Å². The van der Waals surface area contributed by atoms with Crippen LogP contribution in [0.25, 0.3) is 0 Å². The van der Waals surface area contributed by atoms with Gasteiger partial charge < -0.3 is 15.5 Å². The third kappa shape index (κ3) is 5.33. The van der Waals surface area contributed by atoms with E-state index in [2.05, 4.69) is 10.6 Å². The van der Waals surface area contributed by atoms with Crippen LogP contribution in [0.1, 0.15) is 28.4 Å². The lowest BCUT2D eigenvalue weighted by molar-refractivity contribution is -0.134. The molecule has 0 spiro atoms. The number of likely N-dealkylation sites (N-methyl/N-ethyl adjacent to an activating group) is 1. The molecule has 1 unspecified atom stereocenters. The maximum Gasteiger partial charge on any atom is 0.253 e. The lowest BCUT2D eigenvalue weighted by Gasteiger charge is -2.22. The van der Waals surface area contributed by atoms with Crippen LogP contribution in [0.3, 0.4) is 0 Å². The molecule has 148 valence electrons. The number of benzene rings is 2. The number of hydrogen-bond acceptors (Lipinski definition) is 3. The highest BCUT2D eigenvalue weighted by Crippen LogP contribution is 2.19. The fourth-order valence-corrected chi connectivity index (χ4v) is 3.02. The van der Waals surface area contributed by atoms with Crippen molar-refractivity contribution in [2.45, 2.75) is 26.8 Å². The molecule has 0 fully saturated rings. The smallest absolute Gasteiger partial charge is 0.253 e. The molecule has 3 amide bonds. The van der Waals surface area contributed by atoms with Crippen molar-refractivity contribution in [2.75, 3.05) is 18.9 Å². The molecule has 0 aliphatic rings. The molecule has 0 radical (unpaired) electrons. The van der Waals surface area contributed by atoms with Crippen molar-refractivity contribution < 1.29 is 14.4 Å². The molecule has 0 saturated heterocycles. The second-order valence-electron chi connectivity index (χ2n) is 6.68. The van der Waals surface area contributed by atoms with Crippen LogP contribution in [-0.4, -0.2) is 42.3 Å². The highest BCUT2D eigenvalue weighted by molar-refractivity contribution is 6.33. The number of nitrogens with zero attached hydrogens (tertiary/aromatic N) is 1. The molecule has 2 aromatic carbocycles. The van der Waals surface area contributed by atoms with Gasteiger partial charge >= 0.3 is 0 Å². The normalized spacial score (nSPS) is 11.5. The van der Waals surface area contributed by atoms with Gasteiger partial charge in [0.25, 0.3) is 5.91 Å². The van der Waals surface area contributed by atoms with Crippen molar-refractivity contribution in [3.8, 4) is 0 Å². The van der Waals surface area contributed by atoms with Gasteiger partial charge in [0.15, 0.2) is 0 Å². The van der Waals surface area contributed by atoms with E-state index in [1.807, 2.05) is 32.0 Å². The quantitative estimate of drug-likeness (QED) is 0.780. The molecule has 0 aromatic heterocycles. The highest BCUT2D eigenvalue weighted by atomic mass is 35.5. The van der Waals surface area contributed by atoms with Gasteiger partial charge in [-0.3, -0.25) is 14.4 Å². The number of aryl methyl sites for hydroxylation is 2. The Balaban J connectivity index is 1.95. The first kappa shape index (κ1) is 21.4. The number of hydrogen-bond donors (Lipinski definition) is 2. The summed E-state index contributed by atoms with van der Waals surface area (Å²) in [6, 6.07) is 11.5. The van der Waals surface area contributed by atoms with Gasteiger partial charge in [-0.25, -0.2) is 0 Å². The molecule has 0 aliphatic heterocycles. The van der Waals surface area contributed by atoms with Gasteiger partial charge in [0.1, 0.15) is 6.04 Å².